The van der Waals surface area contributed by atoms with Gasteiger partial charge in [0.15, 0.2) is 0 Å². The second-order valence-corrected chi connectivity index (χ2v) is 1.68. The molecule has 0 aromatic heterocycles. The molecule has 10 heavy (non-hydrogen) atoms. The minimum atomic E-state index is -0.440. The molecule has 0 radical (unpaired) electrons. The number of hydrogen-bond acceptors (Lipinski definition) is 3. The van der Waals surface area contributed by atoms with E-state index in [1.807, 2.05) is 0 Å². The fourth-order valence-electron chi connectivity index (χ4n) is 0.415. The van der Waals surface area contributed by atoms with Crippen molar-refractivity contribution in [3.05, 3.63) is 0 Å². The van der Waals surface area contributed by atoms with Crippen molar-refractivity contribution in [2.24, 2.45) is 0 Å². The summed E-state index contributed by atoms with van der Waals surface area (Å²) in [6, 6.07) is 0. The smallest absolute Gasteiger partial charge is 0.466 e. The Morgan fingerprint density at radius 2 is 1.90 bits per heavy atom. The third-order valence-corrected chi connectivity index (χ3v) is 0.699. The number of hydrogen-bond donors (Lipinski definition) is 0. The number of carbonyl (C=O) groups excluding carboxylic acids is 2. The maximum atomic E-state index is 10.4. The second kappa shape index (κ2) is 7.25. The normalized spacial score (nSPS) is 7.80. The molecule has 0 aromatic rings. The zero-order valence-electron chi connectivity index (χ0n) is 6.64. The van der Waals surface area contributed by atoms with Crippen molar-refractivity contribution < 1.29 is 43.9 Å². The first-order chi connectivity index (χ1) is 4.16. The van der Waals surface area contributed by atoms with Gasteiger partial charge in [-0.3, -0.25) is 9.59 Å². The summed E-state index contributed by atoms with van der Waals surface area (Å²) in [5.74, 6) is -0.599. The molecule has 0 heterocycles. The van der Waals surface area contributed by atoms with E-state index >= 15 is 0 Å². The van der Waals surface area contributed by atoms with Crippen LogP contribution >= 0.6 is 0 Å². The van der Waals surface area contributed by atoms with Crippen LogP contribution < -0.4 is 29.6 Å². The number of esters is 1. The van der Waals surface area contributed by atoms with Gasteiger partial charge in [0.05, 0.1) is 6.61 Å². The van der Waals surface area contributed by atoms with Crippen LogP contribution in [-0.4, -0.2) is 18.4 Å². The van der Waals surface area contributed by atoms with Gasteiger partial charge in [-0.25, -0.2) is 0 Å². The molecule has 3 nitrogen and oxygen atoms in total. The monoisotopic (exact) mass is 153 g/mol. The fraction of sp³-hybridized carbons (Fsp3) is 0.667. The van der Waals surface area contributed by atoms with E-state index < -0.39 is 5.97 Å². The summed E-state index contributed by atoms with van der Waals surface area (Å²) in [5.41, 5.74) is 0. The predicted octanol–water partition coefficient (Wildman–Crippen LogP) is -2.47. The van der Waals surface area contributed by atoms with Crippen LogP contribution in [0.3, 0.4) is 0 Å². The molecular formula is C6H10NaO3+. The molecular weight excluding hydrogens is 143 g/mol. The molecule has 0 spiro atoms. The Morgan fingerprint density at radius 3 is 2.20 bits per heavy atom. The maximum absolute atomic E-state index is 10.4. The van der Waals surface area contributed by atoms with E-state index in [9.17, 15) is 9.59 Å². The third-order valence-electron chi connectivity index (χ3n) is 0.699. The summed E-state index contributed by atoms with van der Waals surface area (Å²) in [6.45, 7) is 3.40. The van der Waals surface area contributed by atoms with Gasteiger partial charge in [0, 0.05) is 0 Å². The molecule has 0 aliphatic rings. The van der Waals surface area contributed by atoms with Crippen LogP contribution in [0.4, 0.5) is 0 Å². The van der Waals surface area contributed by atoms with Crippen molar-refractivity contribution in [3.8, 4) is 0 Å². The van der Waals surface area contributed by atoms with Crippen molar-refractivity contribution in [3.63, 3.8) is 0 Å². The standard InChI is InChI=1S/C6H10O3.Na/c1-3-9-6(8)4-5(2)7;/h3-4H2,1-2H3;/q;+1. The maximum Gasteiger partial charge on any atom is 1.00 e. The molecule has 0 bridgehead atoms. The Hall–Kier alpha value is 0.140. The largest absolute Gasteiger partial charge is 1.00 e. The first-order valence-corrected chi connectivity index (χ1v) is 2.82. The number of rotatable bonds is 3. The van der Waals surface area contributed by atoms with Gasteiger partial charge in [0.25, 0.3) is 0 Å². The molecule has 0 rings (SSSR count). The SMILES string of the molecule is CCOC(=O)CC(C)=O.[Na+]. The van der Waals surface area contributed by atoms with Gasteiger partial charge in [-0.15, -0.1) is 0 Å². The second-order valence-electron chi connectivity index (χ2n) is 1.68. The molecule has 0 aromatic carbocycles. The van der Waals surface area contributed by atoms with Crippen LogP contribution in [0.1, 0.15) is 20.3 Å². The Balaban J connectivity index is 0. The predicted molar refractivity (Wildman–Crippen MR) is 31.9 cm³/mol. The van der Waals surface area contributed by atoms with Crippen LogP contribution in [0.25, 0.3) is 0 Å². The zero-order chi connectivity index (χ0) is 7.28. The number of Topliss-reactive ketones (excluding diaryl/α,β-unsaturated/α-hetero) is 1. The van der Waals surface area contributed by atoms with E-state index in [0.29, 0.717) is 6.61 Å². The summed E-state index contributed by atoms with van der Waals surface area (Å²) in [6.07, 6.45) is -0.103. The van der Waals surface area contributed by atoms with Crippen molar-refractivity contribution in [1.29, 1.82) is 0 Å². The number of ether oxygens (including phenoxy) is 1. The van der Waals surface area contributed by atoms with Crippen LogP contribution in [0.5, 0.6) is 0 Å². The van der Waals surface area contributed by atoms with Gasteiger partial charge in [-0.2, -0.15) is 0 Å². The van der Waals surface area contributed by atoms with Crippen LogP contribution in [0.2, 0.25) is 0 Å². The Morgan fingerprint density at radius 1 is 1.40 bits per heavy atom. The average molecular weight is 153 g/mol. The summed E-state index contributed by atoms with van der Waals surface area (Å²) >= 11 is 0. The topological polar surface area (TPSA) is 43.4 Å². The minimum Gasteiger partial charge on any atom is -0.466 e. The Labute approximate surface area is 82.4 Å². The summed E-state index contributed by atoms with van der Waals surface area (Å²) in [5, 5.41) is 0. The van der Waals surface area contributed by atoms with Gasteiger partial charge in [0.1, 0.15) is 12.2 Å². The zero-order valence-corrected chi connectivity index (χ0v) is 8.64. The molecule has 0 aliphatic heterocycles. The molecule has 0 aliphatic carbocycles. The third kappa shape index (κ3) is 8.14. The number of ketones is 1. The van der Waals surface area contributed by atoms with Crippen LogP contribution in [0, 0.1) is 0 Å². The first-order valence-electron chi connectivity index (χ1n) is 2.82. The molecule has 0 saturated heterocycles. The Kier molecular flexibility index (Phi) is 9.27. The van der Waals surface area contributed by atoms with Crippen LogP contribution in [0.15, 0.2) is 0 Å². The van der Waals surface area contributed by atoms with Crippen LogP contribution in [-0.2, 0) is 14.3 Å². The summed E-state index contributed by atoms with van der Waals surface area (Å²) in [4.78, 5) is 20.6. The molecule has 4 heteroatoms. The van der Waals surface area contributed by atoms with Crippen molar-refractivity contribution >= 4 is 11.8 Å². The van der Waals surface area contributed by atoms with Gasteiger partial charge < -0.3 is 4.74 Å². The summed E-state index contributed by atoms with van der Waals surface area (Å²) in [7, 11) is 0. The Bertz CT molecular complexity index is 122. The van der Waals surface area contributed by atoms with E-state index in [4.69, 9.17) is 0 Å². The van der Waals surface area contributed by atoms with E-state index in [-0.39, 0.29) is 41.8 Å². The molecule has 0 atom stereocenters. The van der Waals surface area contributed by atoms with Crippen molar-refractivity contribution in [1.82, 2.24) is 0 Å². The molecule has 52 valence electrons. The van der Waals surface area contributed by atoms with E-state index in [1.54, 1.807) is 6.92 Å². The van der Waals surface area contributed by atoms with Crippen molar-refractivity contribution in [2.45, 2.75) is 20.3 Å². The van der Waals surface area contributed by atoms with Gasteiger partial charge in [0.2, 0.25) is 0 Å². The molecule has 0 saturated carbocycles. The van der Waals surface area contributed by atoms with Gasteiger partial charge >= 0.3 is 35.5 Å². The average Bonchev–Trinajstić information content (AvgIpc) is 1.63. The molecule has 0 unspecified atom stereocenters. The van der Waals surface area contributed by atoms with E-state index in [2.05, 4.69) is 4.74 Å². The quantitative estimate of drug-likeness (QED) is 0.256. The molecule has 0 amide bonds. The molecule has 0 fully saturated rings. The summed E-state index contributed by atoms with van der Waals surface area (Å²) < 4.78 is 4.49. The minimum absolute atomic E-state index is 0. The molecule has 0 N–H and O–H groups in total. The van der Waals surface area contributed by atoms with Gasteiger partial charge in [-0.1, -0.05) is 0 Å². The fourth-order valence-corrected chi connectivity index (χ4v) is 0.415. The van der Waals surface area contributed by atoms with Crippen molar-refractivity contribution in [2.75, 3.05) is 6.61 Å². The first kappa shape index (κ1) is 12.8. The van der Waals surface area contributed by atoms with Gasteiger partial charge in [-0.05, 0) is 13.8 Å². The van der Waals surface area contributed by atoms with E-state index in [1.165, 1.54) is 6.92 Å². The van der Waals surface area contributed by atoms with E-state index in [0.717, 1.165) is 0 Å². The number of carbonyl (C=O) groups is 2.